The van der Waals surface area contributed by atoms with E-state index in [9.17, 15) is 0 Å². The third kappa shape index (κ3) is 2.27. The summed E-state index contributed by atoms with van der Waals surface area (Å²) in [5.74, 6) is 0. The first-order valence-corrected chi connectivity index (χ1v) is 5.84. The molecule has 12 heavy (non-hydrogen) atoms. The molecule has 0 saturated heterocycles. The Balaban J connectivity index is 2.59. The average molecular weight is 185 g/mol. The highest BCUT2D eigenvalue weighted by atomic mass is 32.2. The van der Waals surface area contributed by atoms with Gasteiger partial charge in [0.2, 0.25) is 0 Å². The molecule has 0 saturated carbocycles. The van der Waals surface area contributed by atoms with Gasteiger partial charge in [-0.15, -0.1) is 11.8 Å². The Kier molecular flexibility index (Phi) is 3.66. The number of hydrogen-bond acceptors (Lipinski definition) is 2. The van der Waals surface area contributed by atoms with Crippen molar-refractivity contribution in [1.29, 1.82) is 0 Å². The van der Waals surface area contributed by atoms with Gasteiger partial charge in [0.05, 0.1) is 0 Å². The molecule has 0 aromatic heterocycles. The maximum Gasteiger partial charge on any atom is 0.0203 e. The second-order valence-electron chi connectivity index (χ2n) is 3.72. The molecule has 0 fully saturated rings. The first kappa shape index (κ1) is 10.1. The number of nitrogens with zero attached hydrogens (tertiary/aromatic N) is 1. The minimum Gasteiger partial charge on any atom is -0.297 e. The highest BCUT2D eigenvalue weighted by molar-refractivity contribution is 8.02. The van der Waals surface area contributed by atoms with Crippen molar-refractivity contribution < 1.29 is 0 Å². The summed E-state index contributed by atoms with van der Waals surface area (Å²) in [5, 5.41) is 0. The van der Waals surface area contributed by atoms with Crippen LogP contribution in [0, 0.1) is 0 Å². The van der Waals surface area contributed by atoms with Crippen LogP contribution in [-0.2, 0) is 0 Å². The van der Waals surface area contributed by atoms with E-state index in [0.717, 1.165) is 0 Å². The number of hydrogen-bond donors (Lipinski definition) is 0. The SMILES string of the molecule is CSC1=C(C)CN(C(C)C)CC1. The fourth-order valence-corrected chi connectivity index (χ4v) is 2.36. The fourth-order valence-electron chi connectivity index (χ4n) is 1.65. The number of rotatable bonds is 2. The Labute approximate surface area is 80.2 Å². The molecule has 0 N–H and O–H groups in total. The average Bonchev–Trinajstić information content (AvgIpc) is 2.04. The molecule has 70 valence electrons. The van der Waals surface area contributed by atoms with E-state index in [2.05, 4.69) is 31.9 Å². The minimum absolute atomic E-state index is 0.698. The third-order valence-corrected chi connectivity index (χ3v) is 3.56. The van der Waals surface area contributed by atoms with Crippen LogP contribution in [0.5, 0.6) is 0 Å². The lowest BCUT2D eigenvalue weighted by Crippen LogP contribution is -2.36. The van der Waals surface area contributed by atoms with E-state index in [1.54, 1.807) is 10.5 Å². The van der Waals surface area contributed by atoms with Crippen LogP contribution >= 0.6 is 11.8 Å². The molecule has 0 radical (unpaired) electrons. The Morgan fingerprint density at radius 3 is 2.50 bits per heavy atom. The first-order chi connectivity index (χ1) is 5.65. The van der Waals surface area contributed by atoms with E-state index in [1.807, 2.05) is 11.8 Å². The zero-order chi connectivity index (χ0) is 9.14. The smallest absolute Gasteiger partial charge is 0.0203 e. The summed E-state index contributed by atoms with van der Waals surface area (Å²) in [4.78, 5) is 4.14. The van der Waals surface area contributed by atoms with Gasteiger partial charge in [-0.1, -0.05) is 0 Å². The summed E-state index contributed by atoms with van der Waals surface area (Å²) in [7, 11) is 0. The van der Waals surface area contributed by atoms with Crippen LogP contribution in [-0.4, -0.2) is 30.3 Å². The number of thioether (sulfide) groups is 1. The van der Waals surface area contributed by atoms with E-state index >= 15 is 0 Å². The first-order valence-electron chi connectivity index (χ1n) is 4.61. The van der Waals surface area contributed by atoms with Gasteiger partial charge in [-0.2, -0.15) is 0 Å². The van der Waals surface area contributed by atoms with Crippen molar-refractivity contribution in [3.8, 4) is 0 Å². The van der Waals surface area contributed by atoms with Gasteiger partial charge in [0, 0.05) is 19.1 Å². The van der Waals surface area contributed by atoms with Gasteiger partial charge < -0.3 is 0 Å². The van der Waals surface area contributed by atoms with Crippen LogP contribution in [0.15, 0.2) is 10.5 Å². The van der Waals surface area contributed by atoms with Crippen LogP contribution in [0.3, 0.4) is 0 Å². The van der Waals surface area contributed by atoms with E-state index in [0.29, 0.717) is 6.04 Å². The third-order valence-electron chi connectivity index (χ3n) is 2.52. The minimum atomic E-state index is 0.698. The summed E-state index contributed by atoms with van der Waals surface area (Å²) in [5.41, 5.74) is 1.57. The molecule has 1 nitrogen and oxygen atoms in total. The maximum atomic E-state index is 2.54. The van der Waals surface area contributed by atoms with E-state index in [-0.39, 0.29) is 0 Å². The van der Waals surface area contributed by atoms with Crippen LogP contribution in [0.25, 0.3) is 0 Å². The monoisotopic (exact) mass is 185 g/mol. The molecule has 0 aliphatic carbocycles. The summed E-state index contributed by atoms with van der Waals surface area (Å²) in [6, 6.07) is 0.698. The largest absolute Gasteiger partial charge is 0.297 e. The lowest BCUT2D eigenvalue weighted by Gasteiger charge is -2.32. The van der Waals surface area contributed by atoms with Crippen molar-refractivity contribution in [3.63, 3.8) is 0 Å². The Bertz CT molecular complexity index is 184. The zero-order valence-corrected chi connectivity index (χ0v) is 9.37. The quantitative estimate of drug-likeness (QED) is 0.651. The second kappa shape index (κ2) is 4.33. The van der Waals surface area contributed by atoms with Crippen LogP contribution in [0.2, 0.25) is 0 Å². The summed E-state index contributed by atoms with van der Waals surface area (Å²) < 4.78 is 0. The van der Waals surface area contributed by atoms with E-state index in [4.69, 9.17) is 0 Å². The predicted octanol–water partition coefficient (Wildman–Crippen LogP) is 2.74. The topological polar surface area (TPSA) is 3.24 Å². The van der Waals surface area contributed by atoms with Crippen molar-refractivity contribution >= 4 is 11.8 Å². The summed E-state index contributed by atoms with van der Waals surface area (Å²) >= 11 is 1.92. The van der Waals surface area contributed by atoms with Crippen LogP contribution in [0.4, 0.5) is 0 Å². The molecule has 0 aromatic carbocycles. The Morgan fingerprint density at radius 1 is 1.42 bits per heavy atom. The lowest BCUT2D eigenvalue weighted by atomic mass is 10.1. The van der Waals surface area contributed by atoms with Crippen molar-refractivity contribution in [2.45, 2.75) is 33.2 Å². The molecule has 0 aromatic rings. The van der Waals surface area contributed by atoms with Gasteiger partial charge in [0.25, 0.3) is 0 Å². The molecule has 0 atom stereocenters. The molecule has 1 aliphatic rings. The highest BCUT2D eigenvalue weighted by Crippen LogP contribution is 2.26. The molecular weight excluding hydrogens is 166 g/mol. The molecule has 2 heteroatoms. The van der Waals surface area contributed by atoms with E-state index < -0.39 is 0 Å². The maximum absolute atomic E-state index is 2.54. The summed E-state index contributed by atoms with van der Waals surface area (Å²) in [6.07, 6.45) is 3.44. The molecule has 0 bridgehead atoms. The standard InChI is InChI=1S/C10H19NS/c1-8(2)11-6-5-10(12-4)9(3)7-11/h8H,5-7H2,1-4H3. The summed E-state index contributed by atoms with van der Waals surface area (Å²) in [6.45, 7) is 9.23. The lowest BCUT2D eigenvalue weighted by molar-refractivity contribution is 0.235. The van der Waals surface area contributed by atoms with Gasteiger partial charge in [-0.05, 0) is 43.9 Å². The second-order valence-corrected chi connectivity index (χ2v) is 4.62. The molecule has 0 spiro atoms. The molecule has 0 amide bonds. The normalized spacial score (nSPS) is 20.8. The highest BCUT2D eigenvalue weighted by Gasteiger charge is 2.17. The van der Waals surface area contributed by atoms with Gasteiger partial charge >= 0.3 is 0 Å². The molecule has 1 aliphatic heterocycles. The van der Waals surface area contributed by atoms with Crippen molar-refractivity contribution in [3.05, 3.63) is 10.5 Å². The van der Waals surface area contributed by atoms with Gasteiger partial charge in [0.1, 0.15) is 0 Å². The van der Waals surface area contributed by atoms with Gasteiger partial charge in [-0.3, -0.25) is 4.90 Å². The molecular formula is C10H19NS. The van der Waals surface area contributed by atoms with Gasteiger partial charge in [0.15, 0.2) is 0 Å². The molecule has 1 heterocycles. The van der Waals surface area contributed by atoms with Crippen molar-refractivity contribution in [2.24, 2.45) is 0 Å². The Morgan fingerprint density at radius 2 is 2.08 bits per heavy atom. The Hall–Kier alpha value is 0.0500. The van der Waals surface area contributed by atoms with E-state index in [1.165, 1.54) is 19.5 Å². The van der Waals surface area contributed by atoms with Crippen LogP contribution in [0.1, 0.15) is 27.2 Å². The fraction of sp³-hybridized carbons (Fsp3) is 0.800. The van der Waals surface area contributed by atoms with Crippen molar-refractivity contribution in [1.82, 2.24) is 4.90 Å². The predicted molar refractivity (Wildman–Crippen MR) is 57.5 cm³/mol. The van der Waals surface area contributed by atoms with Crippen LogP contribution < -0.4 is 0 Å². The molecule has 0 unspecified atom stereocenters. The molecule has 1 rings (SSSR count). The van der Waals surface area contributed by atoms with Gasteiger partial charge in [-0.25, -0.2) is 0 Å². The van der Waals surface area contributed by atoms with Crippen molar-refractivity contribution in [2.75, 3.05) is 19.3 Å². The zero-order valence-electron chi connectivity index (χ0n) is 8.55.